The third-order valence-electron chi connectivity index (χ3n) is 0.403. The summed E-state index contributed by atoms with van der Waals surface area (Å²) < 4.78 is 6.86. The Morgan fingerprint density at radius 1 is 1.09 bits per heavy atom. The molecule has 0 atom stereocenters. The molecule has 7 nitrogen and oxygen atoms in total. The van der Waals surface area contributed by atoms with Gasteiger partial charge in [-0.05, 0) is 0 Å². The monoisotopic (exact) mass is 192 g/mol. The van der Waals surface area contributed by atoms with Crippen LogP contribution in [0.1, 0.15) is 0 Å². The molecule has 0 bridgehead atoms. The van der Waals surface area contributed by atoms with Crippen molar-refractivity contribution in [2.24, 2.45) is 0 Å². The molecule has 0 amide bonds. The van der Waals surface area contributed by atoms with Crippen molar-refractivity contribution < 1.29 is 34.1 Å². The van der Waals surface area contributed by atoms with Crippen molar-refractivity contribution in [3.05, 3.63) is 0 Å². The van der Waals surface area contributed by atoms with Gasteiger partial charge >= 0.3 is 57.4 Å². The first-order chi connectivity index (χ1) is 4.52. The first-order valence-corrected chi connectivity index (χ1v) is 1.99. The average molecular weight is 192 g/mol. The van der Waals surface area contributed by atoms with Gasteiger partial charge < -0.3 is 24.5 Å². The molecule has 0 aromatic heterocycles. The fourth-order valence-electron chi connectivity index (χ4n) is 0.197. The van der Waals surface area contributed by atoms with E-state index in [1.165, 1.54) is 0 Å². The Morgan fingerprint density at radius 2 is 1.36 bits per heavy atom. The Kier molecular flexibility index (Phi) is 7.96. The van der Waals surface area contributed by atoms with Gasteiger partial charge in [-0.25, -0.2) is 9.59 Å². The van der Waals surface area contributed by atoms with Crippen molar-refractivity contribution in [1.82, 2.24) is 0 Å². The molecule has 0 saturated carbocycles. The minimum atomic E-state index is -2.28. The quantitative estimate of drug-likeness (QED) is 0.453. The molecule has 0 aliphatic carbocycles. The number of carbonyl (C=O) groups is 2. The zero-order valence-electron chi connectivity index (χ0n) is 4.55. The van der Waals surface area contributed by atoms with Crippen LogP contribution in [0.15, 0.2) is 0 Å². The zero-order chi connectivity index (χ0) is 8.15. The maximum atomic E-state index is 9.54. The molecule has 0 rings (SSSR count). The van der Waals surface area contributed by atoms with Gasteiger partial charge in [0.1, 0.15) is 0 Å². The predicted molar refractivity (Wildman–Crippen MR) is 34.7 cm³/mol. The molecular formula is C2H5BCaO7. The van der Waals surface area contributed by atoms with Crippen LogP contribution in [0.3, 0.4) is 0 Å². The Hall–Kier alpha value is -0.175. The average Bonchev–Trinajstić information content (AvgIpc) is 1.58. The fraction of sp³-hybridized carbons (Fsp3) is 0. The molecule has 0 heterocycles. The van der Waals surface area contributed by atoms with Gasteiger partial charge in [0.15, 0.2) is 0 Å². The molecule has 3 N–H and O–H groups in total. The third-order valence-corrected chi connectivity index (χ3v) is 0.403. The zero-order valence-corrected chi connectivity index (χ0v) is 4.55. The van der Waals surface area contributed by atoms with E-state index in [2.05, 4.69) is 9.31 Å². The van der Waals surface area contributed by atoms with Gasteiger partial charge in [0.2, 0.25) is 0 Å². The summed E-state index contributed by atoms with van der Waals surface area (Å²) in [5.41, 5.74) is 0. The summed E-state index contributed by atoms with van der Waals surface area (Å²) in [6.45, 7) is 0. The van der Waals surface area contributed by atoms with E-state index in [0.29, 0.717) is 0 Å². The standard InChI is InChI=1S/C2H3BO7.Ca.2H/c4-1(5)9-3(8)10-2(6)7;;;/h8H,(H,4,5)(H,6,7);;;. The fourth-order valence-corrected chi connectivity index (χ4v) is 0.197. The van der Waals surface area contributed by atoms with Crippen molar-refractivity contribution in [1.29, 1.82) is 0 Å². The van der Waals surface area contributed by atoms with Crippen molar-refractivity contribution in [2.45, 2.75) is 0 Å². The summed E-state index contributed by atoms with van der Waals surface area (Å²) in [6.07, 6.45) is -3.65. The predicted octanol–water partition coefficient (Wildman–Crippen LogP) is -1.56. The van der Waals surface area contributed by atoms with Gasteiger partial charge in [0, 0.05) is 0 Å². The van der Waals surface area contributed by atoms with Crippen LogP contribution in [-0.4, -0.2) is 72.6 Å². The summed E-state index contributed by atoms with van der Waals surface area (Å²) in [5, 5.41) is 23.7. The van der Waals surface area contributed by atoms with Crippen LogP contribution in [0.25, 0.3) is 0 Å². The van der Waals surface area contributed by atoms with E-state index >= 15 is 0 Å². The molecule has 11 heavy (non-hydrogen) atoms. The molecule has 0 aromatic rings. The van der Waals surface area contributed by atoms with E-state index < -0.39 is 19.6 Å². The van der Waals surface area contributed by atoms with Crippen molar-refractivity contribution in [2.75, 3.05) is 0 Å². The number of rotatable bonds is 2. The molecule has 0 aromatic carbocycles. The van der Waals surface area contributed by atoms with E-state index in [9.17, 15) is 9.59 Å². The third kappa shape index (κ3) is 9.82. The minimum absolute atomic E-state index is 0. The van der Waals surface area contributed by atoms with Crippen LogP contribution in [0.4, 0.5) is 9.59 Å². The maximum absolute atomic E-state index is 9.54. The van der Waals surface area contributed by atoms with Crippen LogP contribution < -0.4 is 0 Å². The molecule has 0 radical (unpaired) electrons. The number of hydrogen-bond donors (Lipinski definition) is 3. The molecular weight excluding hydrogens is 187 g/mol. The van der Waals surface area contributed by atoms with Gasteiger partial charge in [-0.1, -0.05) is 0 Å². The first-order valence-electron chi connectivity index (χ1n) is 1.99. The summed E-state index contributed by atoms with van der Waals surface area (Å²) in [5.74, 6) is 0. The summed E-state index contributed by atoms with van der Waals surface area (Å²) in [6, 6.07) is 0. The van der Waals surface area contributed by atoms with Gasteiger partial charge in [-0.15, -0.1) is 0 Å². The normalized spacial score (nSPS) is 7.36. The summed E-state index contributed by atoms with van der Waals surface area (Å²) in [7, 11) is -2.28. The van der Waals surface area contributed by atoms with Crippen molar-refractivity contribution in [3.63, 3.8) is 0 Å². The molecule has 9 heteroatoms. The molecule has 0 aliphatic heterocycles. The molecule has 0 spiro atoms. The topological polar surface area (TPSA) is 113 Å². The molecule has 0 unspecified atom stereocenters. The van der Waals surface area contributed by atoms with Crippen LogP contribution in [-0.2, 0) is 9.31 Å². The van der Waals surface area contributed by atoms with Gasteiger partial charge in [0.05, 0.1) is 0 Å². The molecule has 60 valence electrons. The summed E-state index contributed by atoms with van der Waals surface area (Å²) in [4.78, 5) is 19.1. The molecule has 0 aliphatic rings. The van der Waals surface area contributed by atoms with Gasteiger partial charge in [0.25, 0.3) is 0 Å². The van der Waals surface area contributed by atoms with E-state index in [-0.39, 0.29) is 37.7 Å². The Bertz CT molecular complexity index is 131. The number of hydrogen-bond acceptors (Lipinski definition) is 5. The van der Waals surface area contributed by atoms with Gasteiger partial charge in [-0.3, -0.25) is 0 Å². The van der Waals surface area contributed by atoms with Crippen LogP contribution in [0.2, 0.25) is 0 Å². The Balaban J connectivity index is 0. The number of carboxylic acid groups (broad SMARTS) is 2. The van der Waals surface area contributed by atoms with E-state index in [1.54, 1.807) is 0 Å². The second-order valence-corrected chi connectivity index (χ2v) is 1.07. The van der Waals surface area contributed by atoms with E-state index in [1.807, 2.05) is 0 Å². The Labute approximate surface area is 91.1 Å². The Morgan fingerprint density at radius 3 is 1.55 bits per heavy atom. The van der Waals surface area contributed by atoms with E-state index in [4.69, 9.17) is 15.2 Å². The second kappa shape index (κ2) is 6.53. The van der Waals surface area contributed by atoms with Crippen LogP contribution in [0.5, 0.6) is 0 Å². The van der Waals surface area contributed by atoms with Crippen molar-refractivity contribution in [3.8, 4) is 0 Å². The molecule has 0 fully saturated rings. The SMILES string of the molecule is O=C(O)OB(O)OC(=O)O.[CaH2]. The molecule has 0 saturated heterocycles. The van der Waals surface area contributed by atoms with Crippen molar-refractivity contribution >= 4 is 57.4 Å². The van der Waals surface area contributed by atoms with Crippen LogP contribution in [0, 0.1) is 0 Å². The summed E-state index contributed by atoms with van der Waals surface area (Å²) >= 11 is 0. The second-order valence-electron chi connectivity index (χ2n) is 1.07. The van der Waals surface area contributed by atoms with E-state index in [0.717, 1.165) is 0 Å². The first kappa shape index (κ1) is 13.4. The van der Waals surface area contributed by atoms with Crippen LogP contribution >= 0.6 is 0 Å². The van der Waals surface area contributed by atoms with Gasteiger partial charge in [-0.2, -0.15) is 0 Å².